The summed E-state index contributed by atoms with van der Waals surface area (Å²) in [6.45, 7) is 10.2. The van der Waals surface area contributed by atoms with Crippen molar-refractivity contribution >= 4 is 29.5 Å². The number of fused-ring (bicyclic) bond motifs is 5. The molecule has 0 spiro atoms. The van der Waals surface area contributed by atoms with Crippen LogP contribution in [-0.2, 0) is 28.5 Å². The van der Waals surface area contributed by atoms with Crippen LogP contribution in [0.5, 0.6) is 0 Å². The Morgan fingerprint density at radius 3 is 2.12 bits per heavy atom. The van der Waals surface area contributed by atoms with Crippen LogP contribution < -0.4 is 5.32 Å². The van der Waals surface area contributed by atoms with Crippen molar-refractivity contribution in [1.29, 1.82) is 0 Å². The number of esters is 2. The number of carbonyl (C=O) groups excluding carboxylic acids is 4. The van der Waals surface area contributed by atoms with Gasteiger partial charge in [0.15, 0.2) is 11.9 Å². The summed E-state index contributed by atoms with van der Waals surface area (Å²) in [5, 5.41) is 74.5. The molecule has 1 saturated heterocycles. The van der Waals surface area contributed by atoms with Crippen molar-refractivity contribution in [2.75, 3.05) is 6.61 Å². The Morgan fingerprint density at radius 1 is 0.983 bits per heavy atom. The van der Waals surface area contributed by atoms with E-state index in [-0.39, 0.29) is 129 Å². The number of Topliss-reactive ketones (excluding diaryl/α,β-unsaturated/α-hetero) is 1. The Hall–Kier alpha value is -1.90. The number of nitro groups is 1. The van der Waals surface area contributed by atoms with Crippen LogP contribution in [0, 0.1) is 115 Å². The molecule has 3 aliphatic carbocycles. The standard InChI is InChI=1S/C41H50N2O15.2Ac/c1-20-24(56-35(49)30(46)28(42-36(50)58-37(2,3)4)21-13-15-23(16-14-21)43(53)54)18-41(52)33(57-34(48)22-11-9-8-10-12-22)31-39(7,25(44)17-26-40(31,51)19-55-26)32(47)29(45)27(20)38(41,5)6;;/h8-16,24-26,28-31,33,44-46,51-52H,17-19H2,1-7H3,(H,42,50);;/t24?,25?,26?,28?,29?,30?,31?,33?,39-,40?,41?;;/m1../s1. The summed E-state index contributed by atoms with van der Waals surface area (Å²) in [5.74, 6) is -4.82. The van der Waals surface area contributed by atoms with Gasteiger partial charge in [-0.1, -0.05) is 44.2 Å². The molecule has 17 nitrogen and oxygen atoms in total. The molecule has 2 aromatic rings. The monoisotopic (exact) mass is 1260 g/mol. The maximum atomic E-state index is 14.7. The quantitative estimate of drug-likeness (QED) is 0.0730. The first kappa shape index (κ1) is 50.7. The van der Waals surface area contributed by atoms with Gasteiger partial charge in [0.25, 0.3) is 5.69 Å². The Bertz CT molecular complexity index is 2020. The van der Waals surface area contributed by atoms with E-state index in [1.54, 1.807) is 39.0 Å². The van der Waals surface area contributed by atoms with Crippen molar-refractivity contribution in [2.24, 2.45) is 16.7 Å². The van der Waals surface area contributed by atoms with E-state index in [0.717, 1.165) is 12.1 Å². The van der Waals surface area contributed by atoms with Gasteiger partial charge in [-0.05, 0) is 63.5 Å². The van der Waals surface area contributed by atoms with Crippen LogP contribution in [0.15, 0.2) is 65.7 Å². The summed E-state index contributed by atoms with van der Waals surface area (Å²) >= 11 is 0. The van der Waals surface area contributed by atoms with Crippen molar-refractivity contribution in [2.45, 2.75) is 121 Å². The number of nitrogens with zero attached hydrogens (tertiary/aromatic N) is 1. The number of rotatable bonds is 8. The number of nitro benzene ring substituents is 1. The Labute approximate surface area is 418 Å². The maximum Gasteiger partial charge on any atom is 0.408 e. The fourth-order valence-corrected chi connectivity index (χ4v) is 9.31. The van der Waals surface area contributed by atoms with Crippen molar-refractivity contribution in [3.05, 3.63) is 87.0 Å². The summed E-state index contributed by atoms with van der Waals surface area (Å²) in [6, 6.07) is 10.8. The van der Waals surface area contributed by atoms with Crippen molar-refractivity contribution in [1.82, 2.24) is 5.32 Å². The van der Waals surface area contributed by atoms with E-state index >= 15 is 0 Å². The van der Waals surface area contributed by atoms with Gasteiger partial charge >= 0.3 is 18.0 Å². The molecule has 6 rings (SSSR count). The second-order valence-electron chi connectivity index (χ2n) is 17.5. The van der Waals surface area contributed by atoms with Crippen LogP contribution in [0.3, 0.4) is 0 Å². The number of hydrogen-bond donors (Lipinski definition) is 6. The molecule has 320 valence electrons. The largest absolute Gasteiger partial charge is 0.456 e. The van der Waals surface area contributed by atoms with Gasteiger partial charge in [0.1, 0.15) is 35.1 Å². The van der Waals surface area contributed by atoms with Crippen LogP contribution in [0.4, 0.5) is 10.5 Å². The maximum absolute atomic E-state index is 14.7. The normalized spacial score (nSPS) is 32.6. The van der Waals surface area contributed by atoms with Crippen LogP contribution in [0.1, 0.15) is 83.3 Å². The number of aliphatic hydroxyl groups is 5. The zero-order valence-electron chi connectivity index (χ0n) is 34.4. The minimum absolute atomic E-state index is 0. The van der Waals surface area contributed by atoms with E-state index in [2.05, 4.69) is 5.32 Å². The Balaban J connectivity index is 0.00000397. The molecule has 2 aromatic carbocycles. The third kappa shape index (κ3) is 8.80. The zero-order chi connectivity index (χ0) is 42.9. The molecular formula is C41H50Ac2N2O15. The van der Waals surface area contributed by atoms with E-state index < -0.39 is 111 Å². The van der Waals surface area contributed by atoms with E-state index in [1.165, 1.54) is 52.0 Å². The molecule has 10 unspecified atom stereocenters. The average Bonchev–Trinajstić information content (AvgIpc) is 3.15. The van der Waals surface area contributed by atoms with Crippen LogP contribution in [-0.4, -0.2) is 114 Å². The molecule has 2 saturated carbocycles. The van der Waals surface area contributed by atoms with Crippen LogP contribution >= 0.6 is 0 Å². The molecule has 0 aromatic heterocycles. The molecule has 1 amide bonds. The average molecular weight is 1260 g/mol. The number of ketones is 1. The van der Waals surface area contributed by atoms with Gasteiger partial charge < -0.3 is 49.8 Å². The summed E-state index contributed by atoms with van der Waals surface area (Å²) in [6.07, 6.45) is -12.0. The fourth-order valence-electron chi connectivity index (χ4n) is 9.31. The number of ether oxygens (including phenoxy) is 4. The molecule has 1 heterocycles. The minimum atomic E-state index is -2.38. The number of amides is 1. The molecule has 2 radical (unpaired) electrons. The van der Waals surface area contributed by atoms with Gasteiger partial charge in [0.2, 0.25) is 0 Å². The van der Waals surface area contributed by atoms with Gasteiger partial charge in [0, 0.05) is 124 Å². The topological polar surface area (TPSA) is 262 Å². The number of carbonyl (C=O) groups is 4. The second-order valence-corrected chi connectivity index (χ2v) is 17.5. The van der Waals surface area contributed by atoms with Gasteiger partial charge in [-0.2, -0.15) is 0 Å². The fraction of sp³-hybridized carbons (Fsp3) is 0.561. The molecule has 3 fully saturated rings. The van der Waals surface area contributed by atoms with Gasteiger partial charge in [0.05, 0.1) is 40.8 Å². The van der Waals surface area contributed by atoms with Gasteiger partial charge in [-0.25, -0.2) is 14.4 Å². The second kappa shape index (κ2) is 18.3. The SMILES string of the molecule is CC1=C2C(O)C(=O)[C@]3(C)C(O)CC4OCC4(O)C3C(OC(=O)c3ccccc3)C(O)(CC1OC(=O)C(O)C(NC(=O)OC(C)(C)C)c1ccc([N+](=O)[O-])cc1)C2(C)C.[Ac].[Ac]. The van der Waals surface area contributed by atoms with Crippen molar-refractivity contribution in [3.8, 4) is 0 Å². The number of alkyl carbamates (subject to hydrolysis) is 1. The predicted octanol–water partition coefficient (Wildman–Crippen LogP) is 2.60. The molecular weight excluding hydrogens is 1210 g/mol. The van der Waals surface area contributed by atoms with E-state index in [4.69, 9.17) is 18.9 Å². The summed E-state index contributed by atoms with van der Waals surface area (Å²) in [7, 11) is 0. The molecule has 60 heavy (non-hydrogen) atoms. The minimum Gasteiger partial charge on any atom is -0.456 e. The summed E-state index contributed by atoms with van der Waals surface area (Å²) < 4.78 is 23.0. The summed E-state index contributed by atoms with van der Waals surface area (Å²) in [4.78, 5) is 66.3. The first-order valence-electron chi connectivity index (χ1n) is 18.9. The molecule has 11 atom stereocenters. The number of hydrogen-bond acceptors (Lipinski definition) is 15. The molecule has 1 aliphatic heterocycles. The zero-order valence-corrected chi connectivity index (χ0v) is 43.8. The third-order valence-electron chi connectivity index (χ3n) is 12.6. The van der Waals surface area contributed by atoms with E-state index in [1.807, 2.05) is 0 Å². The smallest absolute Gasteiger partial charge is 0.408 e. The van der Waals surface area contributed by atoms with Crippen molar-refractivity contribution < 1.29 is 157 Å². The van der Waals surface area contributed by atoms with Crippen LogP contribution in [0.25, 0.3) is 0 Å². The number of benzene rings is 2. The number of nitrogens with one attached hydrogen (secondary N) is 1. The van der Waals surface area contributed by atoms with Gasteiger partial charge in [-0.15, -0.1) is 0 Å². The Kier molecular flexibility index (Phi) is 15.5. The van der Waals surface area contributed by atoms with E-state index in [9.17, 15) is 54.8 Å². The number of aliphatic hydroxyl groups excluding tert-OH is 3. The van der Waals surface area contributed by atoms with E-state index in [0.29, 0.717) is 0 Å². The molecule has 2 bridgehead atoms. The van der Waals surface area contributed by atoms with Gasteiger partial charge in [-0.3, -0.25) is 14.9 Å². The summed E-state index contributed by atoms with van der Waals surface area (Å²) in [5.41, 5.74) is -9.19. The first-order chi connectivity index (χ1) is 26.9. The first-order valence-corrected chi connectivity index (χ1v) is 18.9. The third-order valence-corrected chi connectivity index (χ3v) is 12.6. The molecule has 19 heteroatoms. The number of non-ortho nitro benzene ring substituents is 1. The van der Waals surface area contributed by atoms with Crippen molar-refractivity contribution in [3.63, 3.8) is 0 Å². The molecule has 6 N–H and O–H groups in total. The predicted molar refractivity (Wildman–Crippen MR) is 201 cm³/mol. The Morgan fingerprint density at radius 2 is 1.58 bits per heavy atom. The van der Waals surface area contributed by atoms with Crippen LogP contribution in [0.2, 0.25) is 0 Å². The molecule has 4 aliphatic rings.